The van der Waals surface area contributed by atoms with Crippen molar-refractivity contribution in [1.82, 2.24) is 0 Å². The maximum absolute atomic E-state index is 12.1. The smallest absolute Gasteiger partial charge is 0.342 e. The van der Waals surface area contributed by atoms with Gasteiger partial charge >= 0.3 is 5.97 Å². The second-order valence-corrected chi connectivity index (χ2v) is 5.33. The fourth-order valence-electron chi connectivity index (χ4n) is 2.73. The van der Waals surface area contributed by atoms with Crippen LogP contribution in [-0.2, 0) is 14.3 Å². The molecule has 0 radical (unpaired) electrons. The van der Waals surface area contributed by atoms with E-state index in [2.05, 4.69) is 0 Å². The number of methoxy groups -OCH3 is 1. The van der Waals surface area contributed by atoms with Gasteiger partial charge in [-0.05, 0) is 24.5 Å². The number of esters is 1. The number of carbonyl (C=O) groups excluding carboxylic acids is 2. The van der Waals surface area contributed by atoms with Gasteiger partial charge in [0.05, 0.1) is 13.0 Å². The molecule has 21 heavy (non-hydrogen) atoms. The van der Waals surface area contributed by atoms with Gasteiger partial charge in [-0.2, -0.15) is 0 Å². The Labute approximate surface area is 124 Å². The lowest BCUT2D eigenvalue weighted by molar-refractivity contribution is -0.166. The van der Waals surface area contributed by atoms with Gasteiger partial charge in [-0.1, -0.05) is 42.8 Å². The van der Waals surface area contributed by atoms with E-state index in [1.165, 1.54) is 13.2 Å². The highest BCUT2D eigenvalue weighted by molar-refractivity contribution is 5.93. The zero-order chi connectivity index (χ0) is 15.3. The van der Waals surface area contributed by atoms with Crippen molar-refractivity contribution in [3.05, 3.63) is 42.0 Å². The van der Waals surface area contributed by atoms with Crippen molar-refractivity contribution in [2.24, 2.45) is 5.92 Å². The second kappa shape index (κ2) is 6.68. The first-order valence-corrected chi connectivity index (χ1v) is 7.15. The van der Waals surface area contributed by atoms with E-state index in [1.54, 1.807) is 6.08 Å². The number of carbonyl (C=O) groups is 2. The van der Waals surface area contributed by atoms with Gasteiger partial charge in [0.15, 0.2) is 5.60 Å². The van der Waals surface area contributed by atoms with Gasteiger partial charge in [-0.25, -0.2) is 4.79 Å². The largest absolute Gasteiger partial charge is 0.467 e. The zero-order valence-electron chi connectivity index (χ0n) is 12.1. The Balaban J connectivity index is 2.30. The Morgan fingerprint density at radius 1 is 1.33 bits per heavy atom. The van der Waals surface area contributed by atoms with E-state index in [0.29, 0.717) is 12.8 Å². The lowest BCUT2D eigenvalue weighted by atomic mass is 9.75. The monoisotopic (exact) mass is 288 g/mol. The summed E-state index contributed by atoms with van der Waals surface area (Å²) in [6.07, 6.45) is 5.59. The predicted molar refractivity (Wildman–Crippen MR) is 79.4 cm³/mol. The molecule has 2 atom stereocenters. The maximum atomic E-state index is 12.1. The van der Waals surface area contributed by atoms with Crippen LogP contribution in [0.15, 0.2) is 36.4 Å². The van der Waals surface area contributed by atoms with Gasteiger partial charge in [0.2, 0.25) is 0 Å². The fourth-order valence-corrected chi connectivity index (χ4v) is 2.73. The molecule has 4 heteroatoms. The minimum absolute atomic E-state index is 0.0770. The van der Waals surface area contributed by atoms with Gasteiger partial charge < -0.3 is 9.84 Å². The average Bonchev–Trinajstić information content (AvgIpc) is 2.53. The summed E-state index contributed by atoms with van der Waals surface area (Å²) in [5.41, 5.74) is -1.04. The van der Waals surface area contributed by atoms with Crippen LogP contribution in [0.5, 0.6) is 0 Å². The van der Waals surface area contributed by atoms with E-state index in [4.69, 9.17) is 4.74 Å². The van der Waals surface area contributed by atoms with Gasteiger partial charge in [0.25, 0.3) is 0 Å². The van der Waals surface area contributed by atoms with Crippen LogP contribution >= 0.6 is 0 Å². The molecular weight excluding hydrogens is 268 g/mol. The van der Waals surface area contributed by atoms with Crippen molar-refractivity contribution in [3.8, 4) is 0 Å². The maximum Gasteiger partial charge on any atom is 0.342 e. The number of aliphatic hydroxyl groups is 1. The van der Waals surface area contributed by atoms with Crippen LogP contribution in [0, 0.1) is 5.92 Å². The van der Waals surface area contributed by atoms with Crippen molar-refractivity contribution >= 4 is 17.8 Å². The highest BCUT2D eigenvalue weighted by Gasteiger charge is 2.47. The topological polar surface area (TPSA) is 63.6 Å². The Bertz CT molecular complexity index is 535. The minimum Gasteiger partial charge on any atom is -0.467 e. The molecule has 0 heterocycles. The van der Waals surface area contributed by atoms with Crippen LogP contribution in [0.2, 0.25) is 0 Å². The molecule has 2 rings (SSSR count). The first-order chi connectivity index (χ1) is 10.1. The third-order valence-electron chi connectivity index (χ3n) is 3.93. The molecule has 2 unspecified atom stereocenters. The molecule has 0 aromatic heterocycles. The summed E-state index contributed by atoms with van der Waals surface area (Å²) in [6.45, 7) is 0. The van der Waals surface area contributed by atoms with Crippen LogP contribution < -0.4 is 0 Å². The number of rotatable bonds is 4. The third kappa shape index (κ3) is 3.39. The third-order valence-corrected chi connectivity index (χ3v) is 3.93. The lowest BCUT2D eigenvalue weighted by Crippen LogP contribution is -2.49. The summed E-state index contributed by atoms with van der Waals surface area (Å²) < 4.78 is 4.71. The molecule has 0 bridgehead atoms. The van der Waals surface area contributed by atoms with Crippen molar-refractivity contribution in [1.29, 1.82) is 0 Å². The summed E-state index contributed by atoms with van der Waals surface area (Å²) in [5.74, 6) is -1.58. The Morgan fingerprint density at radius 2 is 2.05 bits per heavy atom. The van der Waals surface area contributed by atoms with E-state index in [0.717, 1.165) is 18.4 Å². The Kier molecular flexibility index (Phi) is 4.91. The molecule has 0 spiro atoms. The number of benzene rings is 1. The van der Waals surface area contributed by atoms with Crippen LogP contribution in [0.1, 0.15) is 31.2 Å². The molecule has 1 aromatic carbocycles. The summed E-state index contributed by atoms with van der Waals surface area (Å²) in [5, 5.41) is 10.8. The van der Waals surface area contributed by atoms with E-state index < -0.39 is 17.5 Å². The average molecular weight is 288 g/mol. The molecule has 0 amide bonds. The van der Waals surface area contributed by atoms with Gasteiger partial charge in [0.1, 0.15) is 5.78 Å². The Morgan fingerprint density at radius 3 is 2.67 bits per heavy atom. The number of ether oxygens (including phenoxy) is 1. The minimum atomic E-state index is -1.89. The number of Topliss-reactive ketones (excluding diaryl/α,β-unsaturated/α-hetero) is 1. The number of hydrogen-bond donors (Lipinski definition) is 1. The van der Waals surface area contributed by atoms with Crippen molar-refractivity contribution in [2.75, 3.05) is 7.11 Å². The summed E-state index contributed by atoms with van der Waals surface area (Å²) in [4.78, 5) is 24.1. The van der Waals surface area contributed by atoms with E-state index >= 15 is 0 Å². The molecule has 112 valence electrons. The number of ketones is 1. The molecule has 4 nitrogen and oxygen atoms in total. The van der Waals surface area contributed by atoms with Crippen molar-refractivity contribution in [2.45, 2.75) is 31.3 Å². The Hall–Kier alpha value is -1.94. The summed E-state index contributed by atoms with van der Waals surface area (Å²) in [7, 11) is 1.22. The molecule has 1 fully saturated rings. The van der Waals surface area contributed by atoms with Crippen LogP contribution in [-0.4, -0.2) is 29.6 Å². The van der Waals surface area contributed by atoms with Gasteiger partial charge in [0, 0.05) is 6.42 Å². The van der Waals surface area contributed by atoms with Crippen molar-refractivity contribution in [3.63, 3.8) is 0 Å². The quantitative estimate of drug-likeness (QED) is 0.864. The molecule has 0 saturated heterocycles. The van der Waals surface area contributed by atoms with Crippen LogP contribution in [0.4, 0.5) is 0 Å². The van der Waals surface area contributed by atoms with Crippen LogP contribution in [0.25, 0.3) is 6.08 Å². The molecule has 1 aromatic rings. The molecular formula is C17H20O4. The molecule has 1 aliphatic rings. The molecule has 1 saturated carbocycles. The molecule has 1 aliphatic carbocycles. The molecule has 1 N–H and O–H groups in total. The van der Waals surface area contributed by atoms with Gasteiger partial charge in [-0.15, -0.1) is 0 Å². The van der Waals surface area contributed by atoms with E-state index in [1.807, 2.05) is 30.3 Å². The standard InChI is InChI=1S/C17H20O4/c1-21-16(19)17(20,14-9-5-6-10-15(14)18)12-11-13-7-3-2-4-8-13/h2-4,7-8,11-12,14,20H,5-6,9-10H2,1H3/b12-11+. The predicted octanol–water partition coefficient (Wildman–Crippen LogP) is 2.36. The number of hydrogen-bond acceptors (Lipinski definition) is 4. The molecule has 0 aliphatic heterocycles. The van der Waals surface area contributed by atoms with Crippen LogP contribution in [0.3, 0.4) is 0 Å². The first kappa shape index (κ1) is 15.4. The summed E-state index contributed by atoms with van der Waals surface area (Å²) in [6, 6.07) is 9.33. The van der Waals surface area contributed by atoms with E-state index in [-0.39, 0.29) is 5.78 Å². The second-order valence-electron chi connectivity index (χ2n) is 5.33. The van der Waals surface area contributed by atoms with Gasteiger partial charge in [-0.3, -0.25) is 4.79 Å². The highest BCUT2D eigenvalue weighted by atomic mass is 16.5. The van der Waals surface area contributed by atoms with Crippen molar-refractivity contribution < 1.29 is 19.4 Å². The summed E-state index contributed by atoms with van der Waals surface area (Å²) >= 11 is 0. The first-order valence-electron chi connectivity index (χ1n) is 7.15. The van der Waals surface area contributed by atoms with E-state index in [9.17, 15) is 14.7 Å². The SMILES string of the molecule is COC(=O)C(O)(/C=C/c1ccccc1)C1CCCCC1=O. The fraction of sp³-hybridized carbons (Fsp3) is 0.412. The normalized spacial score (nSPS) is 22.0. The highest BCUT2D eigenvalue weighted by Crippen LogP contribution is 2.32. The lowest BCUT2D eigenvalue weighted by Gasteiger charge is -2.32. The zero-order valence-corrected chi connectivity index (χ0v) is 12.1.